The number of aliphatic hydroxyl groups is 1. The molecule has 0 amide bonds. The molecule has 4 aromatic rings. The number of rotatable bonds is 7. The van der Waals surface area contributed by atoms with Crippen LogP contribution in [0.25, 0.3) is 0 Å². The largest absolute Gasteiger partial charge is 2.00 e. The third-order valence-electron chi connectivity index (χ3n) is 10.1. The van der Waals surface area contributed by atoms with Gasteiger partial charge in [0.05, 0.1) is 6.10 Å². The van der Waals surface area contributed by atoms with Crippen LogP contribution in [0.4, 0.5) is 22.7 Å². The summed E-state index contributed by atoms with van der Waals surface area (Å²) >= 11 is 6.96. The van der Waals surface area contributed by atoms with E-state index < -0.39 is 0 Å². The minimum Gasteiger partial charge on any atom is -1.00 e. The molecular weight excluding hydrogens is 911 g/mol. The van der Waals surface area contributed by atoms with Gasteiger partial charge in [0.15, 0.2) is 0 Å². The average molecular weight is 967 g/mol. The maximum atomic E-state index is 10.7. The summed E-state index contributed by atoms with van der Waals surface area (Å²) in [4.78, 5) is 20.3. The Labute approximate surface area is 378 Å². The number of anilines is 4. The summed E-state index contributed by atoms with van der Waals surface area (Å²) in [6.07, 6.45) is 10.5. The van der Waals surface area contributed by atoms with E-state index in [2.05, 4.69) is 131 Å². The first-order valence-electron chi connectivity index (χ1n) is 19.2. The van der Waals surface area contributed by atoms with Crippen molar-refractivity contribution >= 4 is 83.9 Å². The Bertz CT molecular complexity index is 1650. The van der Waals surface area contributed by atoms with E-state index in [9.17, 15) is 9.90 Å². The first kappa shape index (κ1) is 48.2. The molecule has 298 valence electrons. The van der Waals surface area contributed by atoms with Gasteiger partial charge in [-0.05, 0) is 122 Å². The minimum atomic E-state index is -0.270. The van der Waals surface area contributed by atoms with Crippen LogP contribution in [0.1, 0.15) is 60.6 Å². The molecule has 9 rings (SSSR count). The standard InChI is InChI=1S/C20H23BrN2O.C17H17BrN2O.C4H8O.C3H5.BrH.Mg.H3N/c21-17-5-9-19(10-6-17)23-13-11-22(12-14-23)18-7-3-16(4-8-18)20(24)15-1-2-15;18-15-3-7-17(8-4-15)20-11-9-19(10-12-20)16-5-1-14(13-21)2-6-16;1-2-4-5-3-1;1-2-3-1;;;/h3-10,15,20,24H,1-2,11-14H2;1-8,13H,9-12H2;1-4H2;1H,2-3H2;1H;;1H3/q;;;-1;;+2;/p-1. The molecule has 5 aliphatic rings. The Kier molecular flexibility index (Phi) is 21.8. The van der Waals surface area contributed by atoms with Crippen molar-refractivity contribution in [1.82, 2.24) is 6.15 Å². The SMILES string of the molecule is C1CCOC1.N.O=Cc1ccc(N2CCN(c3ccc(Br)cc3)CC2)cc1.OC(c1ccc(N2CCN(c3ccc(Br)cc3)CC2)cc1)C1CC1.[Br-].[CH-]1CC1.[Mg+2]. The Morgan fingerprint density at radius 1 is 0.607 bits per heavy atom. The van der Waals surface area contributed by atoms with Crippen molar-refractivity contribution in [3.63, 3.8) is 0 Å². The summed E-state index contributed by atoms with van der Waals surface area (Å²) in [5.41, 5.74) is 6.81. The fourth-order valence-electron chi connectivity index (χ4n) is 6.59. The molecule has 0 aromatic heterocycles. The van der Waals surface area contributed by atoms with Crippen LogP contribution >= 0.6 is 31.9 Å². The molecule has 4 aromatic carbocycles. The van der Waals surface area contributed by atoms with E-state index in [0.717, 1.165) is 91.9 Å². The molecule has 2 aliphatic carbocycles. The number of halogens is 3. The minimum absolute atomic E-state index is 0. The summed E-state index contributed by atoms with van der Waals surface area (Å²) in [7, 11) is 0. The quantitative estimate of drug-likeness (QED) is 0.126. The zero-order valence-electron chi connectivity index (χ0n) is 32.5. The normalized spacial score (nSPS) is 17.4. The smallest absolute Gasteiger partial charge is 1.00 e. The molecule has 3 saturated heterocycles. The first-order valence-corrected chi connectivity index (χ1v) is 20.8. The number of carbonyl (C=O) groups is 1. The average Bonchev–Trinajstić information content (AvgIpc) is 4.19. The second kappa shape index (κ2) is 25.3. The molecular formula is C44H56Br3MgN5O3. The van der Waals surface area contributed by atoms with Crippen LogP contribution in [0.2, 0.25) is 0 Å². The number of carbonyl (C=O) groups excluding carboxylic acids is 1. The van der Waals surface area contributed by atoms with Crippen molar-refractivity contribution in [1.29, 1.82) is 0 Å². The van der Waals surface area contributed by atoms with Crippen LogP contribution in [0.15, 0.2) is 106 Å². The Balaban J connectivity index is 0.000000240. The van der Waals surface area contributed by atoms with Crippen molar-refractivity contribution in [3.05, 3.63) is 124 Å². The molecule has 4 N–H and O–H groups in total. The maximum Gasteiger partial charge on any atom is 2.00 e. The predicted octanol–water partition coefficient (Wildman–Crippen LogP) is 6.37. The van der Waals surface area contributed by atoms with E-state index in [-0.39, 0.29) is 52.3 Å². The monoisotopic (exact) mass is 963 g/mol. The molecule has 0 radical (unpaired) electrons. The molecule has 56 heavy (non-hydrogen) atoms. The van der Waals surface area contributed by atoms with Crippen molar-refractivity contribution in [2.24, 2.45) is 5.92 Å². The molecule has 12 heteroatoms. The van der Waals surface area contributed by atoms with Gasteiger partial charge < -0.3 is 59.0 Å². The summed E-state index contributed by atoms with van der Waals surface area (Å²) < 4.78 is 7.18. The van der Waals surface area contributed by atoms with E-state index >= 15 is 0 Å². The van der Waals surface area contributed by atoms with Crippen molar-refractivity contribution in [2.75, 3.05) is 85.2 Å². The van der Waals surface area contributed by atoms with Crippen molar-refractivity contribution in [3.8, 4) is 0 Å². The first-order chi connectivity index (χ1) is 26.0. The zero-order chi connectivity index (χ0) is 36.8. The fraction of sp³-hybridized carbons (Fsp3) is 0.409. The van der Waals surface area contributed by atoms with Gasteiger partial charge in [-0.25, -0.2) is 12.8 Å². The third kappa shape index (κ3) is 15.5. The van der Waals surface area contributed by atoms with Gasteiger partial charge >= 0.3 is 23.1 Å². The molecule has 0 bridgehead atoms. The number of piperazine rings is 2. The number of hydrogen-bond acceptors (Lipinski definition) is 8. The number of aliphatic hydroxyl groups excluding tert-OH is 1. The summed E-state index contributed by atoms with van der Waals surface area (Å²) in [5.74, 6) is 0.491. The predicted molar refractivity (Wildman–Crippen MR) is 237 cm³/mol. The number of ether oxygens (including phenoxy) is 1. The van der Waals surface area contributed by atoms with Gasteiger partial charge in [0.25, 0.3) is 0 Å². The molecule has 3 heterocycles. The Morgan fingerprint density at radius 3 is 1.20 bits per heavy atom. The van der Waals surface area contributed by atoms with Gasteiger partial charge in [-0.1, -0.05) is 44.0 Å². The van der Waals surface area contributed by atoms with E-state index in [1.807, 2.05) is 24.3 Å². The van der Waals surface area contributed by atoms with Crippen LogP contribution in [-0.4, -0.2) is 100 Å². The second-order valence-electron chi connectivity index (χ2n) is 14.2. The van der Waals surface area contributed by atoms with E-state index in [1.54, 1.807) is 0 Å². The molecule has 8 nitrogen and oxygen atoms in total. The van der Waals surface area contributed by atoms with Gasteiger partial charge in [-0.3, -0.25) is 4.79 Å². The zero-order valence-corrected chi connectivity index (χ0v) is 38.6. The molecule has 1 unspecified atom stereocenters. The van der Waals surface area contributed by atoms with Crippen LogP contribution in [0, 0.1) is 12.3 Å². The van der Waals surface area contributed by atoms with Crippen LogP contribution < -0.4 is 42.7 Å². The van der Waals surface area contributed by atoms with Crippen LogP contribution in [-0.2, 0) is 4.74 Å². The molecule has 1 atom stereocenters. The molecule has 3 aliphatic heterocycles. The van der Waals surface area contributed by atoms with Gasteiger partial charge in [-0.2, -0.15) is 0 Å². The van der Waals surface area contributed by atoms with E-state index in [1.165, 1.54) is 61.3 Å². The van der Waals surface area contributed by atoms with E-state index in [0.29, 0.717) is 5.92 Å². The van der Waals surface area contributed by atoms with Crippen LogP contribution in [0.3, 0.4) is 0 Å². The Hall–Kier alpha value is -2.16. The summed E-state index contributed by atoms with van der Waals surface area (Å²) in [6, 6.07) is 33.4. The Morgan fingerprint density at radius 2 is 0.929 bits per heavy atom. The van der Waals surface area contributed by atoms with Gasteiger partial charge in [0.1, 0.15) is 6.29 Å². The topological polar surface area (TPSA) is 94.5 Å². The fourth-order valence-corrected chi connectivity index (χ4v) is 7.12. The van der Waals surface area contributed by atoms with Gasteiger partial charge in [-0.15, -0.1) is 0 Å². The molecule has 5 fully saturated rings. The van der Waals surface area contributed by atoms with Gasteiger partial charge in [0, 0.05) is 103 Å². The van der Waals surface area contributed by atoms with Crippen LogP contribution in [0.5, 0.6) is 0 Å². The number of hydrogen-bond donors (Lipinski definition) is 2. The number of aldehydes is 1. The second-order valence-corrected chi connectivity index (χ2v) is 16.0. The van der Waals surface area contributed by atoms with Gasteiger partial charge in [0.2, 0.25) is 0 Å². The van der Waals surface area contributed by atoms with E-state index in [4.69, 9.17) is 4.74 Å². The number of nitrogens with zero attached hydrogens (tertiary/aromatic N) is 4. The maximum absolute atomic E-state index is 10.7. The molecule has 0 spiro atoms. The number of benzene rings is 4. The third-order valence-corrected chi connectivity index (χ3v) is 11.2. The van der Waals surface area contributed by atoms with Crippen molar-refractivity contribution in [2.45, 2.75) is 44.6 Å². The summed E-state index contributed by atoms with van der Waals surface area (Å²) in [5, 5.41) is 10.2. The summed E-state index contributed by atoms with van der Waals surface area (Å²) in [6.45, 7) is 10.1. The molecule has 2 saturated carbocycles. The van der Waals surface area contributed by atoms with Crippen molar-refractivity contribution < 1.29 is 31.6 Å².